The van der Waals surface area contributed by atoms with Gasteiger partial charge >= 0.3 is 6.03 Å². The van der Waals surface area contributed by atoms with Gasteiger partial charge in [0.05, 0.1) is 41.5 Å². The molecule has 0 radical (unpaired) electrons. The molecule has 9 nitrogen and oxygen atoms in total. The Bertz CT molecular complexity index is 1320. The van der Waals surface area contributed by atoms with Gasteiger partial charge in [-0.05, 0) is 44.5 Å². The molecular weight excluding hydrogens is 423 g/mol. The average molecular weight is 446 g/mol. The van der Waals surface area contributed by atoms with Gasteiger partial charge in [0.25, 0.3) is 0 Å². The molecule has 0 atom stereocenters. The number of hydrogen-bond donors (Lipinski definition) is 1. The van der Waals surface area contributed by atoms with Crippen LogP contribution in [0.15, 0.2) is 43.0 Å². The first kappa shape index (κ1) is 20.9. The number of amides is 2. The molecule has 5 heterocycles. The van der Waals surface area contributed by atoms with Gasteiger partial charge < -0.3 is 9.88 Å². The number of nitrogens with zero attached hydrogens (tertiary/aromatic N) is 7. The number of pyridine rings is 2. The molecule has 168 valence electrons. The molecule has 1 N–H and O–H groups in total. The Balaban J connectivity index is 1.40. The fourth-order valence-corrected chi connectivity index (χ4v) is 3.88. The predicted octanol–water partition coefficient (Wildman–Crippen LogP) is 3.51. The Hall–Kier alpha value is -3.95. The molecule has 1 aliphatic rings. The highest BCUT2D eigenvalue weighted by Gasteiger charge is 2.19. The van der Waals surface area contributed by atoms with Crippen LogP contribution in [0.3, 0.4) is 0 Å². The molecule has 4 aromatic heterocycles. The maximum atomic E-state index is 14.6. The first-order valence-corrected chi connectivity index (χ1v) is 10.9. The number of halogens is 1. The van der Waals surface area contributed by atoms with Gasteiger partial charge in [-0.15, -0.1) is 0 Å². The molecular formula is C23H23FN8O. The van der Waals surface area contributed by atoms with Crippen LogP contribution in [-0.4, -0.2) is 48.6 Å². The third-order valence-electron chi connectivity index (χ3n) is 5.58. The van der Waals surface area contributed by atoms with Gasteiger partial charge in [0.2, 0.25) is 5.95 Å². The Labute approximate surface area is 189 Å². The third kappa shape index (κ3) is 4.11. The van der Waals surface area contributed by atoms with Crippen molar-refractivity contribution in [3.05, 3.63) is 60.5 Å². The smallest absolute Gasteiger partial charge is 0.321 e. The molecule has 1 aliphatic heterocycles. The summed E-state index contributed by atoms with van der Waals surface area (Å²) in [6.07, 6.45) is 6.23. The van der Waals surface area contributed by atoms with Crippen molar-refractivity contribution in [3.8, 4) is 11.4 Å². The number of fused-ring (bicyclic) bond motifs is 1. The summed E-state index contributed by atoms with van der Waals surface area (Å²) in [5.41, 5.74) is 3.38. The van der Waals surface area contributed by atoms with Crippen molar-refractivity contribution in [2.75, 3.05) is 18.0 Å². The molecule has 0 aromatic carbocycles. The van der Waals surface area contributed by atoms with E-state index in [2.05, 4.69) is 30.2 Å². The summed E-state index contributed by atoms with van der Waals surface area (Å²) in [5.74, 6) is -0.0794. The normalized spacial score (nSPS) is 14.2. The van der Waals surface area contributed by atoms with Crippen LogP contribution in [0.4, 0.5) is 14.9 Å². The summed E-state index contributed by atoms with van der Waals surface area (Å²) < 4.78 is 16.5. The minimum Gasteiger partial charge on any atom is -0.338 e. The van der Waals surface area contributed by atoms with E-state index in [1.54, 1.807) is 35.8 Å². The van der Waals surface area contributed by atoms with E-state index in [0.29, 0.717) is 42.2 Å². The molecule has 0 aliphatic carbocycles. The Kier molecular flexibility index (Phi) is 5.41. The van der Waals surface area contributed by atoms with E-state index in [9.17, 15) is 9.18 Å². The minimum absolute atomic E-state index is 0.109. The predicted molar refractivity (Wildman–Crippen MR) is 121 cm³/mol. The second-order valence-electron chi connectivity index (χ2n) is 8.19. The molecule has 4 aromatic rings. The van der Waals surface area contributed by atoms with E-state index in [-0.39, 0.29) is 17.6 Å². The van der Waals surface area contributed by atoms with Crippen molar-refractivity contribution >= 4 is 22.8 Å². The highest BCUT2D eigenvalue weighted by molar-refractivity contribution is 5.92. The SMILES string of the molecule is CC(C)n1cnc2c(F)nc(-c3ccnc(Cc4ccc(N5CCCNC5=O)cn4)n3)cc21. The van der Waals surface area contributed by atoms with Gasteiger partial charge in [-0.25, -0.2) is 24.7 Å². The minimum atomic E-state index is -0.624. The second kappa shape index (κ2) is 8.53. The number of rotatable bonds is 5. The Morgan fingerprint density at radius 1 is 1.12 bits per heavy atom. The van der Waals surface area contributed by atoms with Crippen LogP contribution >= 0.6 is 0 Å². The lowest BCUT2D eigenvalue weighted by Crippen LogP contribution is -2.46. The summed E-state index contributed by atoms with van der Waals surface area (Å²) in [6.45, 7) is 5.39. The lowest BCUT2D eigenvalue weighted by atomic mass is 10.2. The van der Waals surface area contributed by atoms with Gasteiger partial charge in [-0.3, -0.25) is 9.88 Å². The van der Waals surface area contributed by atoms with Gasteiger partial charge in [0, 0.05) is 31.0 Å². The summed E-state index contributed by atoms with van der Waals surface area (Å²) >= 11 is 0. The van der Waals surface area contributed by atoms with E-state index in [0.717, 1.165) is 17.8 Å². The van der Waals surface area contributed by atoms with Gasteiger partial charge in [0.1, 0.15) is 11.3 Å². The number of hydrogen-bond acceptors (Lipinski definition) is 6. The number of aromatic nitrogens is 6. The van der Waals surface area contributed by atoms with E-state index >= 15 is 0 Å². The lowest BCUT2D eigenvalue weighted by molar-refractivity contribution is 0.243. The van der Waals surface area contributed by atoms with Crippen LogP contribution in [0, 0.1) is 5.95 Å². The molecule has 0 saturated carbocycles. The lowest BCUT2D eigenvalue weighted by Gasteiger charge is -2.27. The molecule has 33 heavy (non-hydrogen) atoms. The van der Waals surface area contributed by atoms with E-state index in [1.165, 1.54) is 0 Å². The molecule has 2 amide bonds. The van der Waals surface area contributed by atoms with E-state index < -0.39 is 5.95 Å². The first-order valence-electron chi connectivity index (χ1n) is 10.9. The number of nitrogens with one attached hydrogen (secondary N) is 1. The van der Waals surface area contributed by atoms with Crippen molar-refractivity contribution < 1.29 is 9.18 Å². The van der Waals surface area contributed by atoms with Gasteiger partial charge in [-0.2, -0.15) is 4.39 Å². The maximum Gasteiger partial charge on any atom is 0.321 e. The zero-order valence-electron chi connectivity index (χ0n) is 18.4. The van der Waals surface area contributed by atoms with Crippen molar-refractivity contribution in [3.63, 3.8) is 0 Å². The van der Waals surface area contributed by atoms with Crippen LogP contribution in [0.2, 0.25) is 0 Å². The molecule has 0 bridgehead atoms. The summed E-state index contributed by atoms with van der Waals surface area (Å²) in [4.78, 5) is 35.3. The van der Waals surface area contributed by atoms with Crippen LogP contribution in [0.25, 0.3) is 22.4 Å². The largest absolute Gasteiger partial charge is 0.338 e. The van der Waals surface area contributed by atoms with Gasteiger partial charge in [-0.1, -0.05) is 0 Å². The van der Waals surface area contributed by atoms with Crippen LogP contribution in [0.5, 0.6) is 0 Å². The van der Waals surface area contributed by atoms with Crippen molar-refractivity contribution in [2.24, 2.45) is 0 Å². The van der Waals surface area contributed by atoms with Crippen molar-refractivity contribution in [1.29, 1.82) is 0 Å². The van der Waals surface area contributed by atoms with E-state index in [4.69, 9.17) is 0 Å². The molecule has 1 saturated heterocycles. The number of carbonyl (C=O) groups excluding carboxylic acids is 1. The van der Waals surface area contributed by atoms with Crippen LogP contribution < -0.4 is 10.2 Å². The highest BCUT2D eigenvalue weighted by atomic mass is 19.1. The number of carbonyl (C=O) groups is 1. The Morgan fingerprint density at radius 2 is 2.00 bits per heavy atom. The summed E-state index contributed by atoms with van der Waals surface area (Å²) in [5, 5.41) is 2.83. The zero-order chi connectivity index (χ0) is 22.9. The van der Waals surface area contributed by atoms with Crippen LogP contribution in [-0.2, 0) is 6.42 Å². The monoisotopic (exact) mass is 446 g/mol. The fraction of sp³-hybridized carbons (Fsp3) is 0.304. The molecule has 10 heteroatoms. The fourth-order valence-electron chi connectivity index (χ4n) is 3.88. The molecule has 0 unspecified atom stereocenters. The molecule has 5 rings (SSSR count). The standard InChI is InChI=1S/C23H23FN8O/c1-14(2)32-13-28-21-19(32)11-18(30-22(21)24)17-6-8-25-20(29-17)10-15-4-5-16(12-27-15)31-9-3-7-26-23(31)33/h4-6,8,11-14H,3,7,9-10H2,1-2H3,(H,26,33). The quantitative estimate of drug-likeness (QED) is 0.471. The van der Waals surface area contributed by atoms with Crippen molar-refractivity contribution in [1.82, 2.24) is 34.8 Å². The zero-order valence-corrected chi connectivity index (χ0v) is 18.4. The number of imidazole rings is 1. The second-order valence-corrected chi connectivity index (χ2v) is 8.19. The first-order chi connectivity index (χ1) is 16.0. The third-order valence-corrected chi connectivity index (χ3v) is 5.58. The average Bonchev–Trinajstić information content (AvgIpc) is 3.25. The maximum absolute atomic E-state index is 14.6. The van der Waals surface area contributed by atoms with Crippen molar-refractivity contribution in [2.45, 2.75) is 32.7 Å². The topological polar surface area (TPSA) is 102 Å². The van der Waals surface area contributed by atoms with Crippen LogP contribution in [0.1, 0.15) is 37.8 Å². The molecule has 1 fully saturated rings. The Morgan fingerprint density at radius 3 is 2.76 bits per heavy atom. The van der Waals surface area contributed by atoms with Gasteiger partial charge in [0.15, 0.2) is 0 Å². The van der Waals surface area contributed by atoms with E-state index in [1.807, 2.05) is 30.5 Å². The number of urea groups is 1. The highest BCUT2D eigenvalue weighted by Crippen LogP contribution is 2.25. The number of anilines is 1. The summed E-state index contributed by atoms with van der Waals surface area (Å²) in [6, 6.07) is 7.26. The summed E-state index contributed by atoms with van der Waals surface area (Å²) in [7, 11) is 0. The molecule has 0 spiro atoms.